The van der Waals surface area contributed by atoms with Crippen molar-refractivity contribution in [1.82, 2.24) is 4.98 Å². The predicted molar refractivity (Wildman–Crippen MR) is 105 cm³/mol. The van der Waals surface area contributed by atoms with Crippen molar-refractivity contribution in [3.05, 3.63) is 68.1 Å². The second kappa shape index (κ2) is 9.14. The van der Waals surface area contributed by atoms with Crippen molar-refractivity contribution in [1.29, 1.82) is 5.26 Å². The number of aryl methyl sites for hydroxylation is 2. The standard InChI is InChI=1S/C22H24N2O4/c1-5-16-6-8-17(9-7-16)21(26)15(4)28-20(25)11-10-18-13(2)19(12-23)22(27)24-14(18)3/h6-9,15H,5,10-11H2,1-4H3,(H,24,27)/t15-/m0/s1. The summed E-state index contributed by atoms with van der Waals surface area (Å²) in [5, 5.41) is 9.11. The Morgan fingerprint density at radius 2 is 1.86 bits per heavy atom. The minimum atomic E-state index is -0.882. The van der Waals surface area contributed by atoms with Gasteiger partial charge in [-0.25, -0.2) is 0 Å². The molecule has 0 bridgehead atoms. The van der Waals surface area contributed by atoms with Gasteiger partial charge in [0.05, 0.1) is 0 Å². The van der Waals surface area contributed by atoms with Crippen LogP contribution in [0.3, 0.4) is 0 Å². The fourth-order valence-corrected chi connectivity index (χ4v) is 3.10. The molecule has 1 atom stereocenters. The van der Waals surface area contributed by atoms with Gasteiger partial charge >= 0.3 is 5.97 Å². The molecule has 0 aliphatic rings. The zero-order valence-electron chi connectivity index (χ0n) is 16.6. The molecular weight excluding hydrogens is 356 g/mol. The summed E-state index contributed by atoms with van der Waals surface area (Å²) in [6.07, 6.45) is 0.363. The maximum absolute atomic E-state index is 12.4. The van der Waals surface area contributed by atoms with Crippen LogP contribution in [0.4, 0.5) is 0 Å². The van der Waals surface area contributed by atoms with Crippen LogP contribution in [0.2, 0.25) is 0 Å². The summed E-state index contributed by atoms with van der Waals surface area (Å²) in [6.45, 7) is 7.00. The first-order chi connectivity index (χ1) is 13.3. The fraction of sp³-hybridized carbons (Fsp3) is 0.364. The maximum atomic E-state index is 12.4. The third-order valence-corrected chi connectivity index (χ3v) is 4.82. The minimum absolute atomic E-state index is 0.0466. The van der Waals surface area contributed by atoms with E-state index in [9.17, 15) is 14.4 Å². The Labute approximate surface area is 164 Å². The Morgan fingerprint density at radius 1 is 1.21 bits per heavy atom. The number of ketones is 1. The van der Waals surface area contributed by atoms with Crippen molar-refractivity contribution >= 4 is 11.8 Å². The molecule has 0 saturated carbocycles. The molecule has 0 amide bonds. The number of hydrogen-bond acceptors (Lipinski definition) is 5. The Hall–Kier alpha value is -3.20. The number of pyridine rings is 1. The van der Waals surface area contributed by atoms with Crippen LogP contribution >= 0.6 is 0 Å². The number of H-pyrrole nitrogens is 1. The van der Waals surface area contributed by atoms with E-state index >= 15 is 0 Å². The summed E-state index contributed by atoms with van der Waals surface area (Å²) in [6, 6.07) is 9.13. The molecule has 0 aliphatic heterocycles. The second-order valence-electron chi connectivity index (χ2n) is 6.72. The molecule has 1 aromatic heterocycles. The smallest absolute Gasteiger partial charge is 0.306 e. The molecule has 6 nitrogen and oxygen atoms in total. The van der Waals surface area contributed by atoms with Crippen molar-refractivity contribution in [3.63, 3.8) is 0 Å². The molecule has 2 rings (SSSR count). The highest BCUT2D eigenvalue weighted by Gasteiger charge is 2.20. The third-order valence-electron chi connectivity index (χ3n) is 4.82. The zero-order valence-corrected chi connectivity index (χ0v) is 16.6. The third kappa shape index (κ3) is 4.74. The van der Waals surface area contributed by atoms with E-state index in [0.29, 0.717) is 23.2 Å². The number of ether oxygens (including phenoxy) is 1. The molecule has 146 valence electrons. The lowest BCUT2D eigenvalue weighted by Crippen LogP contribution is -2.25. The number of rotatable bonds is 7. The lowest BCUT2D eigenvalue weighted by molar-refractivity contribution is -0.146. The number of carbonyl (C=O) groups is 2. The molecule has 2 aromatic rings. The summed E-state index contributed by atoms with van der Waals surface area (Å²) < 4.78 is 5.28. The number of hydrogen-bond donors (Lipinski definition) is 1. The lowest BCUT2D eigenvalue weighted by Gasteiger charge is -2.14. The van der Waals surface area contributed by atoms with Crippen molar-refractivity contribution in [2.24, 2.45) is 0 Å². The number of esters is 1. The number of Topliss-reactive ketones (excluding diaryl/α,β-unsaturated/α-hetero) is 1. The maximum Gasteiger partial charge on any atom is 0.306 e. The number of benzene rings is 1. The number of carbonyl (C=O) groups excluding carboxylic acids is 2. The van der Waals surface area contributed by atoms with E-state index in [4.69, 9.17) is 10.00 Å². The van der Waals surface area contributed by atoms with Gasteiger partial charge in [0.15, 0.2) is 6.10 Å². The van der Waals surface area contributed by atoms with Gasteiger partial charge in [-0.15, -0.1) is 0 Å². The molecule has 0 radical (unpaired) electrons. The Kier molecular flexibility index (Phi) is 6.89. The van der Waals surface area contributed by atoms with Crippen LogP contribution in [0.1, 0.15) is 58.6 Å². The highest BCUT2D eigenvalue weighted by molar-refractivity contribution is 6.00. The predicted octanol–water partition coefficient (Wildman–Crippen LogP) is 3.17. The van der Waals surface area contributed by atoms with Crippen LogP contribution in [-0.2, 0) is 22.4 Å². The molecular formula is C22H24N2O4. The Balaban J connectivity index is 2.01. The average molecular weight is 380 g/mol. The topological polar surface area (TPSA) is 100 Å². The summed E-state index contributed by atoms with van der Waals surface area (Å²) >= 11 is 0. The number of aromatic nitrogens is 1. The van der Waals surface area contributed by atoms with Crippen LogP contribution in [-0.4, -0.2) is 22.8 Å². The highest BCUT2D eigenvalue weighted by atomic mass is 16.5. The van der Waals surface area contributed by atoms with Gasteiger partial charge in [0.25, 0.3) is 5.56 Å². The van der Waals surface area contributed by atoms with Crippen LogP contribution < -0.4 is 5.56 Å². The quantitative estimate of drug-likeness (QED) is 0.587. The normalized spacial score (nSPS) is 11.5. The molecule has 0 fully saturated rings. The molecule has 1 aromatic carbocycles. The van der Waals surface area contributed by atoms with E-state index in [1.165, 1.54) is 0 Å². The summed E-state index contributed by atoms with van der Waals surface area (Å²) in [7, 11) is 0. The lowest BCUT2D eigenvalue weighted by atomic mass is 9.99. The first-order valence-corrected chi connectivity index (χ1v) is 9.23. The van der Waals surface area contributed by atoms with Gasteiger partial charge in [-0.05, 0) is 50.3 Å². The molecule has 1 heterocycles. The van der Waals surface area contributed by atoms with E-state index in [0.717, 1.165) is 17.5 Å². The van der Waals surface area contributed by atoms with Crippen LogP contribution in [0.25, 0.3) is 0 Å². The van der Waals surface area contributed by atoms with Gasteiger partial charge in [-0.2, -0.15) is 5.26 Å². The number of nitrogens with one attached hydrogen (secondary N) is 1. The molecule has 0 aliphatic carbocycles. The van der Waals surface area contributed by atoms with E-state index in [1.807, 2.05) is 25.1 Å². The molecule has 6 heteroatoms. The Morgan fingerprint density at radius 3 is 2.43 bits per heavy atom. The highest BCUT2D eigenvalue weighted by Crippen LogP contribution is 2.16. The van der Waals surface area contributed by atoms with Crippen molar-refractivity contribution in [2.45, 2.75) is 53.1 Å². The van der Waals surface area contributed by atoms with Gasteiger partial charge < -0.3 is 9.72 Å². The average Bonchev–Trinajstić information content (AvgIpc) is 2.67. The molecule has 0 unspecified atom stereocenters. The van der Waals surface area contributed by atoms with Crippen molar-refractivity contribution in [3.8, 4) is 6.07 Å². The van der Waals surface area contributed by atoms with Gasteiger partial charge in [-0.3, -0.25) is 14.4 Å². The second-order valence-corrected chi connectivity index (χ2v) is 6.72. The van der Waals surface area contributed by atoms with E-state index < -0.39 is 17.6 Å². The molecule has 28 heavy (non-hydrogen) atoms. The molecule has 0 saturated heterocycles. The fourth-order valence-electron chi connectivity index (χ4n) is 3.10. The summed E-state index contributed by atoms with van der Waals surface area (Å²) in [5.74, 6) is -0.756. The minimum Gasteiger partial charge on any atom is -0.454 e. The summed E-state index contributed by atoms with van der Waals surface area (Å²) in [5.41, 5.74) is 3.17. The van der Waals surface area contributed by atoms with Gasteiger partial charge in [0, 0.05) is 17.7 Å². The largest absolute Gasteiger partial charge is 0.454 e. The number of aromatic amines is 1. The van der Waals surface area contributed by atoms with E-state index in [-0.39, 0.29) is 17.8 Å². The van der Waals surface area contributed by atoms with Gasteiger partial charge in [0.1, 0.15) is 11.6 Å². The molecule has 0 spiro atoms. The number of nitrogens with zero attached hydrogens (tertiary/aromatic N) is 1. The number of nitriles is 1. The van der Waals surface area contributed by atoms with Gasteiger partial charge in [-0.1, -0.05) is 31.2 Å². The summed E-state index contributed by atoms with van der Waals surface area (Å²) in [4.78, 5) is 39.0. The molecule has 1 N–H and O–H groups in total. The monoisotopic (exact) mass is 380 g/mol. The first-order valence-electron chi connectivity index (χ1n) is 9.23. The van der Waals surface area contributed by atoms with Crippen LogP contribution in [0.15, 0.2) is 29.1 Å². The van der Waals surface area contributed by atoms with Crippen LogP contribution in [0, 0.1) is 25.2 Å². The SMILES string of the molecule is CCc1ccc(C(=O)[C@H](C)OC(=O)CCc2c(C)[nH]c(=O)c(C#N)c2C)cc1. The first kappa shape index (κ1) is 21.1. The van der Waals surface area contributed by atoms with Crippen molar-refractivity contribution in [2.75, 3.05) is 0 Å². The van der Waals surface area contributed by atoms with E-state index in [1.54, 1.807) is 32.9 Å². The van der Waals surface area contributed by atoms with Crippen LogP contribution in [0.5, 0.6) is 0 Å². The van der Waals surface area contributed by atoms with E-state index in [2.05, 4.69) is 4.98 Å². The zero-order chi connectivity index (χ0) is 20.8. The Bertz CT molecular complexity index is 981. The van der Waals surface area contributed by atoms with Gasteiger partial charge in [0.2, 0.25) is 5.78 Å². The van der Waals surface area contributed by atoms with Crippen molar-refractivity contribution < 1.29 is 14.3 Å².